The predicted molar refractivity (Wildman–Crippen MR) is 61.1 cm³/mol. The Labute approximate surface area is 104 Å². The Kier molecular flexibility index (Phi) is 4.83. The van der Waals surface area contributed by atoms with Gasteiger partial charge in [-0.25, -0.2) is 8.78 Å². The summed E-state index contributed by atoms with van der Waals surface area (Å²) in [5, 5.41) is 8.53. The van der Waals surface area contributed by atoms with Crippen LogP contribution in [0, 0.1) is 35.3 Å². The molecule has 0 aliphatic rings. The van der Waals surface area contributed by atoms with Gasteiger partial charge in [-0.05, 0) is 11.6 Å². The summed E-state index contributed by atoms with van der Waals surface area (Å²) >= 11 is 0. The molecule has 0 saturated carbocycles. The van der Waals surface area contributed by atoms with Crippen LogP contribution in [0.25, 0.3) is 0 Å². The molecule has 0 fully saturated rings. The number of carbonyl (C=O) groups is 1. The van der Waals surface area contributed by atoms with Crippen LogP contribution in [0.2, 0.25) is 0 Å². The summed E-state index contributed by atoms with van der Waals surface area (Å²) in [6.45, 7) is -0.180. The molecule has 0 aromatic heterocycles. The lowest BCUT2D eigenvalue weighted by Crippen LogP contribution is -2.33. The van der Waals surface area contributed by atoms with E-state index in [2.05, 4.69) is 5.92 Å². The Bertz CT molecular complexity index is 513. The molecule has 1 aromatic rings. The molecular formula is C13H10F2N2O. The number of terminal acetylenes is 1. The molecule has 0 heterocycles. The predicted octanol–water partition coefficient (Wildman–Crippen LogP) is 1.49. The first-order valence-electron chi connectivity index (χ1n) is 5.10. The third kappa shape index (κ3) is 3.57. The van der Waals surface area contributed by atoms with E-state index in [9.17, 15) is 13.6 Å². The van der Waals surface area contributed by atoms with Crippen molar-refractivity contribution in [2.24, 2.45) is 0 Å². The molecule has 0 radical (unpaired) electrons. The standard InChI is InChI=1S/C13H10F2N2O/c1-2-6-17(7-5-16)13(18)8-10-3-4-11(14)9-12(10)15/h1,3-4,9H,6-8H2. The van der Waals surface area contributed by atoms with E-state index in [4.69, 9.17) is 11.7 Å². The number of rotatable bonds is 4. The second-order valence-electron chi connectivity index (χ2n) is 3.52. The summed E-state index contributed by atoms with van der Waals surface area (Å²) < 4.78 is 26.0. The van der Waals surface area contributed by atoms with Crippen LogP contribution in [-0.4, -0.2) is 23.9 Å². The van der Waals surface area contributed by atoms with Crippen LogP contribution in [-0.2, 0) is 11.2 Å². The number of benzene rings is 1. The molecular weight excluding hydrogens is 238 g/mol. The van der Waals surface area contributed by atoms with Crippen LogP contribution in [0.15, 0.2) is 18.2 Å². The van der Waals surface area contributed by atoms with Gasteiger partial charge >= 0.3 is 0 Å². The average Bonchev–Trinajstić information content (AvgIpc) is 2.32. The topological polar surface area (TPSA) is 44.1 Å². The zero-order valence-corrected chi connectivity index (χ0v) is 9.49. The first kappa shape index (κ1) is 13.7. The monoisotopic (exact) mass is 248 g/mol. The third-order valence-corrected chi connectivity index (χ3v) is 2.25. The fourth-order valence-corrected chi connectivity index (χ4v) is 1.37. The van der Waals surface area contributed by atoms with Gasteiger partial charge in [0.15, 0.2) is 0 Å². The molecule has 1 aromatic carbocycles. The van der Waals surface area contributed by atoms with Crippen molar-refractivity contribution in [3.8, 4) is 18.4 Å². The zero-order valence-electron chi connectivity index (χ0n) is 9.49. The largest absolute Gasteiger partial charge is 0.318 e. The van der Waals surface area contributed by atoms with Crippen molar-refractivity contribution in [3.63, 3.8) is 0 Å². The molecule has 5 heteroatoms. The van der Waals surface area contributed by atoms with Crippen molar-refractivity contribution < 1.29 is 13.6 Å². The van der Waals surface area contributed by atoms with Gasteiger partial charge in [-0.3, -0.25) is 4.79 Å². The van der Waals surface area contributed by atoms with E-state index in [1.165, 1.54) is 6.07 Å². The molecule has 0 unspecified atom stereocenters. The smallest absolute Gasteiger partial charge is 0.228 e. The van der Waals surface area contributed by atoms with Crippen LogP contribution in [0.4, 0.5) is 8.78 Å². The number of hydrogen-bond acceptors (Lipinski definition) is 2. The lowest BCUT2D eigenvalue weighted by molar-refractivity contribution is -0.129. The Hall–Kier alpha value is -2.40. The minimum Gasteiger partial charge on any atom is -0.318 e. The maximum atomic E-state index is 13.3. The number of nitrogens with zero attached hydrogens (tertiary/aromatic N) is 2. The lowest BCUT2D eigenvalue weighted by Gasteiger charge is -2.16. The second-order valence-corrected chi connectivity index (χ2v) is 3.52. The molecule has 0 atom stereocenters. The molecule has 3 nitrogen and oxygen atoms in total. The number of nitriles is 1. The molecule has 0 bridgehead atoms. The summed E-state index contributed by atoms with van der Waals surface area (Å²) in [7, 11) is 0. The molecule has 0 spiro atoms. The Morgan fingerprint density at radius 3 is 2.67 bits per heavy atom. The van der Waals surface area contributed by atoms with E-state index in [-0.39, 0.29) is 25.1 Å². The van der Waals surface area contributed by atoms with E-state index < -0.39 is 17.5 Å². The Balaban J connectivity index is 2.80. The summed E-state index contributed by atoms with van der Waals surface area (Å²) in [6, 6.07) is 4.77. The summed E-state index contributed by atoms with van der Waals surface area (Å²) in [5.41, 5.74) is 0.0707. The number of carbonyl (C=O) groups excluding carboxylic acids is 1. The highest BCUT2D eigenvalue weighted by Crippen LogP contribution is 2.11. The Morgan fingerprint density at radius 2 is 2.11 bits per heavy atom. The van der Waals surface area contributed by atoms with Gasteiger partial charge < -0.3 is 4.90 Å². The van der Waals surface area contributed by atoms with Crippen molar-refractivity contribution in [3.05, 3.63) is 35.4 Å². The van der Waals surface area contributed by atoms with Crippen LogP contribution < -0.4 is 0 Å². The first-order chi connectivity index (χ1) is 8.58. The Morgan fingerprint density at radius 1 is 1.39 bits per heavy atom. The second kappa shape index (κ2) is 6.36. The summed E-state index contributed by atoms with van der Waals surface area (Å²) in [5.74, 6) is 0.273. The minimum absolute atomic E-state index is 0.0186. The maximum absolute atomic E-state index is 13.3. The number of hydrogen-bond donors (Lipinski definition) is 0. The average molecular weight is 248 g/mol. The molecule has 0 N–H and O–H groups in total. The van der Waals surface area contributed by atoms with E-state index in [0.717, 1.165) is 11.0 Å². The number of amides is 1. The highest BCUT2D eigenvalue weighted by atomic mass is 19.1. The fraction of sp³-hybridized carbons (Fsp3) is 0.231. The quantitative estimate of drug-likeness (QED) is 0.598. The zero-order chi connectivity index (χ0) is 13.5. The molecule has 1 amide bonds. The first-order valence-corrected chi connectivity index (χ1v) is 5.10. The number of halogens is 2. The normalized spacial score (nSPS) is 9.33. The van der Waals surface area contributed by atoms with Crippen molar-refractivity contribution in [1.82, 2.24) is 4.90 Å². The summed E-state index contributed by atoms with van der Waals surface area (Å²) in [4.78, 5) is 12.9. The lowest BCUT2D eigenvalue weighted by atomic mass is 10.1. The van der Waals surface area contributed by atoms with Crippen LogP contribution in [0.1, 0.15) is 5.56 Å². The van der Waals surface area contributed by atoms with Crippen molar-refractivity contribution in [2.45, 2.75) is 6.42 Å². The SMILES string of the molecule is C#CCN(CC#N)C(=O)Cc1ccc(F)cc1F. The van der Waals surface area contributed by atoms with Gasteiger partial charge in [-0.2, -0.15) is 5.26 Å². The van der Waals surface area contributed by atoms with Gasteiger partial charge in [0, 0.05) is 6.07 Å². The van der Waals surface area contributed by atoms with Crippen molar-refractivity contribution in [2.75, 3.05) is 13.1 Å². The van der Waals surface area contributed by atoms with Gasteiger partial charge in [-0.1, -0.05) is 12.0 Å². The molecule has 92 valence electrons. The van der Waals surface area contributed by atoms with Gasteiger partial charge in [-0.15, -0.1) is 6.42 Å². The third-order valence-electron chi connectivity index (χ3n) is 2.25. The van der Waals surface area contributed by atoms with Gasteiger partial charge in [0.05, 0.1) is 19.0 Å². The molecule has 0 aliphatic heterocycles. The van der Waals surface area contributed by atoms with E-state index in [1.807, 2.05) is 0 Å². The summed E-state index contributed by atoms with van der Waals surface area (Å²) in [6.07, 6.45) is 4.81. The highest BCUT2D eigenvalue weighted by molar-refractivity contribution is 5.79. The molecule has 1 rings (SSSR count). The van der Waals surface area contributed by atoms with E-state index >= 15 is 0 Å². The van der Waals surface area contributed by atoms with Crippen molar-refractivity contribution in [1.29, 1.82) is 5.26 Å². The molecule has 0 saturated heterocycles. The van der Waals surface area contributed by atoms with Crippen LogP contribution >= 0.6 is 0 Å². The molecule has 0 aliphatic carbocycles. The van der Waals surface area contributed by atoms with Gasteiger partial charge in [0.2, 0.25) is 5.91 Å². The van der Waals surface area contributed by atoms with Gasteiger partial charge in [0.25, 0.3) is 0 Å². The fourth-order valence-electron chi connectivity index (χ4n) is 1.37. The molecule has 18 heavy (non-hydrogen) atoms. The van der Waals surface area contributed by atoms with Gasteiger partial charge in [0.1, 0.15) is 18.2 Å². The maximum Gasteiger partial charge on any atom is 0.228 e. The minimum atomic E-state index is -0.791. The highest BCUT2D eigenvalue weighted by Gasteiger charge is 2.15. The van der Waals surface area contributed by atoms with E-state index in [1.54, 1.807) is 6.07 Å². The van der Waals surface area contributed by atoms with Crippen LogP contribution in [0.3, 0.4) is 0 Å². The van der Waals surface area contributed by atoms with E-state index in [0.29, 0.717) is 6.07 Å². The van der Waals surface area contributed by atoms with Crippen LogP contribution in [0.5, 0.6) is 0 Å². The van der Waals surface area contributed by atoms with Crippen molar-refractivity contribution >= 4 is 5.91 Å².